The Labute approximate surface area is 135 Å². The highest BCUT2D eigenvalue weighted by atomic mass is 32.1. The molecule has 0 unspecified atom stereocenters. The van der Waals surface area contributed by atoms with E-state index in [9.17, 15) is 4.79 Å². The molecule has 1 aromatic heterocycles. The molecule has 116 valence electrons. The fourth-order valence-corrected chi connectivity index (χ4v) is 3.73. The number of hydrogen-bond donors (Lipinski definition) is 1. The average Bonchev–Trinajstić information content (AvgIpc) is 3.04. The number of nitrogens with zero attached hydrogens (tertiary/aromatic N) is 2. The molecule has 1 saturated heterocycles. The van der Waals surface area contributed by atoms with Crippen molar-refractivity contribution in [1.82, 2.24) is 15.2 Å². The third-order valence-electron chi connectivity index (χ3n) is 4.28. The molecule has 0 spiro atoms. The van der Waals surface area contributed by atoms with Crippen molar-refractivity contribution in [1.29, 1.82) is 0 Å². The van der Waals surface area contributed by atoms with Crippen molar-refractivity contribution in [2.75, 3.05) is 20.1 Å². The van der Waals surface area contributed by atoms with E-state index in [2.05, 4.69) is 29.4 Å². The van der Waals surface area contributed by atoms with Crippen molar-refractivity contribution >= 4 is 17.2 Å². The van der Waals surface area contributed by atoms with Gasteiger partial charge in [-0.1, -0.05) is 24.3 Å². The number of aromatic nitrogens is 1. The lowest BCUT2D eigenvalue weighted by Gasteiger charge is -2.31. The van der Waals surface area contributed by atoms with E-state index in [-0.39, 0.29) is 5.91 Å². The first kappa shape index (κ1) is 15.2. The van der Waals surface area contributed by atoms with E-state index in [1.807, 2.05) is 29.5 Å². The molecular weight excluding hydrogens is 294 g/mol. The van der Waals surface area contributed by atoms with Crippen LogP contribution in [-0.4, -0.2) is 42.0 Å². The number of carbonyl (C=O) groups is 1. The number of rotatable bonds is 3. The molecule has 2 heterocycles. The Hall–Kier alpha value is -1.72. The van der Waals surface area contributed by atoms with E-state index in [1.165, 1.54) is 16.9 Å². The Balaban J connectivity index is 1.78. The predicted molar refractivity (Wildman–Crippen MR) is 90.3 cm³/mol. The minimum Gasteiger partial charge on any atom is -0.337 e. The van der Waals surface area contributed by atoms with E-state index in [4.69, 9.17) is 0 Å². The maximum absolute atomic E-state index is 12.6. The molecule has 5 heteroatoms. The molecule has 1 aromatic carbocycles. The maximum Gasteiger partial charge on any atom is 0.273 e. The van der Waals surface area contributed by atoms with Crippen molar-refractivity contribution in [2.24, 2.45) is 0 Å². The summed E-state index contributed by atoms with van der Waals surface area (Å²) in [5.41, 5.74) is 2.85. The number of aryl methyl sites for hydroxylation is 1. The molecule has 1 N–H and O–H groups in total. The predicted octanol–water partition coefficient (Wildman–Crippen LogP) is 2.94. The van der Waals surface area contributed by atoms with Crippen LogP contribution in [0, 0.1) is 6.92 Å². The number of hydrogen-bond acceptors (Lipinski definition) is 4. The van der Waals surface area contributed by atoms with Gasteiger partial charge < -0.3 is 10.2 Å². The quantitative estimate of drug-likeness (QED) is 0.947. The zero-order chi connectivity index (χ0) is 15.5. The fourth-order valence-electron chi connectivity index (χ4n) is 2.85. The zero-order valence-electron chi connectivity index (χ0n) is 13.0. The lowest BCUT2D eigenvalue weighted by molar-refractivity contribution is 0.0698. The van der Waals surface area contributed by atoms with Gasteiger partial charge in [-0.25, -0.2) is 4.98 Å². The van der Waals surface area contributed by atoms with Gasteiger partial charge in [0, 0.05) is 24.0 Å². The van der Waals surface area contributed by atoms with Gasteiger partial charge in [-0.05, 0) is 38.4 Å². The maximum atomic E-state index is 12.6. The van der Waals surface area contributed by atoms with E-state index in [1.54, 1.807) is 0 Å². The molecule has 2 aromatic rings. The summed E-state index contributed by atoms with van der Waals surface area (Å²) in [6.07, 6.45) is 2.02. The SMILES string of the molecule is Cc1ccccc1-c1nc(C(=O)N(C)C2CCNCC2)cs1. The van der Waals surface area contributed by atoms with Gasteiger partial charge in [0.05, 0.1) is 0 Å². The molecule has 0 radical (unpaired) electrons. The van der Waals surface area contributed by atoms with Crippen LogP contribution in [0.4, 0.5) is 0 Å². The summed E-state index contributed by atoms with van der Waals surface area (Å²) in [4.78, 5) is 19.1. The van der Waals surface area contributed by atoms with Crippen molar-refractivity contribution in [3.8, 4) is 10.6 Å². The topological polar surface area (TPSA) is 45.2 Å². The molecule has 4 nitrogen and oxygen atoms in total. The summed E-state index contributed by atoms with van der Waals surface area (Å²) in [5.74, 6) is 0.0305. The van der Waals surface area contributed by atoms with Gasteiger partial charge in [0.1, 0.15) is 10.7 Å². The van der Waals surface area contributed by atoms with Crippen LogP contribution in [0.15, 0.2) is 29.6 Å². The molecule has 1 aliphatic heterocycles. The summed E-state index contributed by atoms with van der Waals surface area (Å²) in [6.45, 7) is 4.03. The molecule has 3 rings (SSSR count). The van der Waals surface area contributed by atoms with Crippen LogP contribution in [0.3, 0.4) is 0 Å². The molecule has 0 aliphatic carbocycles. The minimum absolute atomic E-state index is 0.0305. The van der Waals surface area contributed by atoms with Gasteiger partial charge >= 0.3 is 0 Å². The Morgan fingerprint density at radius 3 is 2.77 bits per heavy atom. The van der Waals surface area contributed by atoms with Crippen molar-refractivity contribution in [3.05, 3.63) is 40.9 Å². The van der Waals surface area contributed by atoms with Gasteiger partial charge in [0.15, 0.2) is 0 Å². The average molecular weight is 315 g/mol. The van der Waals surface area contributed by atoms with E-state index >= 15 is 0 Å². The number of amides is 1. The first-order valence-electron chi connectivity index (χ1n) is 7.66. The van der Waals surface area contributed by atoms with Gasteiger partial charge in [-0.3, -0.25) is 4.79 Å². The molecule has 0 saturated carbocycles. The Morgan fingerprint density at radius 2 is 2.05 bits per heavy atom. The van der Waals surface area contributed by atoms with Crippen LogP contribution >= 0.6 is 11.3 Å². The van der Waals surface area contributed by atoms with E-state index in [0.717, 1.165) is 36.5 Å². The lowest BCUT2D eigenvalue weighted by atomic mass is 10.1. The minimum atomic E-state index is 0.0305. The number of nitrogens with one attached hydrogen (secondary N) is 1. The zero-order valence-corrected chi connectivity index (χ0v) is 13.8. The second-order valence-electron chi connectivity index (χ2n) is 5.75. The second-order valence-corrected chi connectivity index (χ2v) is 6.61. The first-order chi connectivity index (χ1) is 10.7. The Morgan fingerprint density at radius 1 is 1.32 bits per heavy atom. The van der Waals surface area contributed by atoms with E-state index < -0.39 is 0 Å². The second kappa shape index (κ2) is 6.58. The summed E-state index contributed by atoms with van der Waals surface area (Å²) in [6, 6.07) is 8.46. The van der Waals surface area contributed by atoms with Crippen LogP contribution in [-0.2, 0) is 0 Å². The highest BCUT2D eigenvalue weighted by molar-refractivity contribution is 7.13. The molecular formula is C17H21N3OS. The highest BCUT2D eigenvalue weighted by Crippen LogP contribution is 2.27. The van der Waals surface area contributed by atoms with Gasteiger partial charge in [0.25, 0.3) is 5.91 Å². The van der Waals surface area contributed by atoms with Crippen molar-refractivity contribution in [3.63, 3.8) is 0 Å². The highest BCUT2D eigenvalue weighted by Gasteiger charge is 2.24. The van der Waals surface area contributed by atoms with Crippen molar-refractivity contribution in [2.45, 2.75) is 25.8 Å². The molecule has 0 bridgehead atoms. The van der Waals surface area contributed by atoms with Crippen LogP contribution in [0.1, 0.15) is 28.9 Å². The van der Waals surface area contributed by atoms with Gasteiger partial charge in [0.2, 0.25) is 0 Å². The Kier molecular flexibility index (Phi) is 4.55. The number of piperidine rings is 1. The third-order valence-corrected chi connectivity index (χ3v) is 5.15. The molecule has 1 amide bonds. The molecule has 22 heavy (non-hydrogen) atoms. The summed E-state index contributed by atoms with van der Waals surface area (Å²) in [5, 5.41) is 6.12. The normalized spacial score (nSPS) is 15.7. The standard InChI is InChI=1S/C17H21N3OS/c1-12-5-3-4-6-14(12)16-19-15(11-22-16)17(21)20(2)13-7-9-18-10-8-13/h3-6,11,13,18H,7-10H2,1-2H3. The summed E-state index contributed by atoms with van der Waals surface area (Å²) in [7, 11) is 1.89. The number of thiazole rings is 1. The first-order valence-corrected chi connectivity index (χ1v) is 8.54. The fraction of sp³-hybridized carbons (Fsp3) is 0.412. The summed E-state index contributed by atoms with van der Waals surface area (Å²) < 4.78 is 0. The number of benzene rings is 1. The van der Waals surface area contributed by atoms with Crippen molar-refractivity contribution < 1.29 is 4.79 Å². The van der Waals surface area contributed by atoms with Crippen LogP contribution in [0.25, 0.3) is 10.6 Å². The van der Waals surface area contributed by atoms with Crippen LogP contribution in [0.2, 0.25) is 0 Å². The monoisotopic (exact) mass is 315 g/mol. The van der Waals surface area contributed by atoms with E-state index in [0.29, 0.717) is 11.7 Å². The van der Waals surface area contributed by atoms with Crippen LogP contribution in [0.5, 0.6) is 0 Å². The molecule has 0 atom stereocenters. The third kappa shape index (κ3) is 3.05. The largest absolute Gasteiger partial charge is 0.337 e. The van der Waals surface area contributed by atoms with Crippen LogP contribution < -0.4 is 5.32 Å². The number of carbonyl (C=O) groups excluding carboxylic acids is 1. The van der Waals surface area contributed by atoms with Gasteiger partial charge in [-0.2, -0.15) is 0 Å². The molecule has 1 fully saturated rings. The lowest BCUT2D eigenvalue weighted by Crippen LogP contribution is -2.44. The Bertz CT molecular complexity index is 661. The summed E-state index contributed by atoms with van der Waals surface area (Å²) >= 11 is 1.54. The molecule has 1 aliphatic rings. The van der Waals surface area contributed by atoms with Gasteiger partial charge in [-0.15, -0.1) is 11.3 Å². The smallest absolute Gasteiger partial charge is 0.273 e.